The first-order valence-corrected chi connectivity index (χ1v) is 8.04. The van der Waals surface area contributed by atoms with Crippen LogP contribution in [0.3, 0.4) is 0 Å². The van der Waals surface area contributed by atoms with E-state index >= 15 is 0 Å². The van der Waals surface area contributed by atoms with E-state index in [4.69, 9.17) is 9.47 Å². The van der Waals surface area contributed by atoms with Gasteiger partial charge in [-0.15, -0.1) is 0 Å². The molecule has 128 valence electrons. The fraction of sp³-hybridized carbons (Fsp3) is 0.444. The van der Waals surface area contributed by atoms with Gasteiger partial charge in [-0.25, -0.2) is 0 Å². The maximum atomic E-state index is 12.6. The highest BCUT2D eigenvalue weighted by Gasteiger charge is 2.37. The molecule has 2 atom stereocenters. The molecule has 2 aliphatic rings. The van der Waals surface area contributed by atoms with Crippen molar-refractivity contribution >= 4 is 17.6 Å². The zero-order valence-corrected chi connectivity index (χ0v) is 13.8. The van der Waals surface area contributed by atoms with Crippen molar-refractivity contribution in [2.24, 2.45) is 11.8 Å². The van der Waals surface area contributed by atoms with Crippen LogP contribution >= 0.6 is 0 Å². The van der Waals surface area contributed by atoms with Crippen molar-refractivity contribution in [2.45, 2.75) is 26.7 Å². The molecule has 0 unspecified atom stereocenters. The van der Waals surface area contributed by atoms with Crippen LogP contribution in [0.1, 0.15) is 26.7 Å². The Bertz CT molecular complexity index is 709. The van der Waals surface area contributed by atoms with Crippen molar-refractivity contribution in [1.82, 2.24) is 0 Å². The van der Waals surface area contributed by atoms with E-state index in [1.807, 2.05) is 13.8 Å². The average Bonchev–Trinajstić information content (AvgIpc) is 2.56. The molecule has 0 saturated carbocycles. The molecule has 6 nitrogen and oxygen atoms in total. The van der Waals surface area contributed by atoms with Gasteiger partial charge in [-0.05, 0) is 38.8 Å². The summed E-state index contributed by atoms with van der Waals surface area (Å²) in [7, 11) is 0. The lowest BCUT2D eigenvalue weighted by atomic mass is 9.76. The van der Waals surface area contributed by atoms with Crippen molar-refractivity contribution in [3.8, 4) is 11.5 Å². The van der Waals surface area contributed by atoms with E-state index in [-0.39, 0.29) is 5.91 Å². The van der Waals surface area contributed by atoms with Crippen molar-refractivity contribution < 1.29 is 24.2 Å². The molecule has 1 amide bonds. The molecule has 1 heterocycles. The number of hydrogen-bond acceptors (Lipinski definition) is 4. The van der Waals surface area contributed by atoms with Crippen molar-refractivity contribution in [2.75, 3.05) is 18.5 Å². The lowest BCUT2D eigenvalue weighted by molar-refractivity contribution is -0.146. The Morgan fingerprint density at radius 3 is 2.33 bits per heavy atom. The summed E-state index contributed by atoms with van der Waals surface area (Å²) in [4.78, 5) is 24.2. The summed E-state index contributed by atoms with van der Waals surface area (Å²) >= 11 is 0. The van der Waals surface area contributed by atoms with Crippen molar-refractivity contribution in [3.05, 3.63) is 29.3 Å². The molecule has 6 heteroatoms. The molecule has 0 fully saturated rings. The number of carbonyl (C=O) groups is 2. The van der Waals surface area contributed by atoms with Crippen LogP contribution in [0.4, 0.5) is 5.69 Å². The third kappa shape index (κ3) is 3.22. The number of amides is 1. The molecule has 0 bridgehead atoms. The van der Waals surface area contributed by atoms with Crippen molar-refractivity contribution in [1.29, 1.82) is 0 Å². The number of carboxylic acids is 1. The first-order chi connectivity index (χ1) is 11.5. The van der Waals surface area contributed by atoms with E-state index in [1.54, 1.807) is 18.2 Å². The SMILES string of the molecule is CC1=C(C)C[C@@H](C(=O)Nc2ccc3c(c2)OCCO3)[C@@H](C(=O)O)C1. The number of carboxylic acid groups (broad SMARTS) is 1. The molecule has 1 aliphatic heterocycles. The van der Waals surface area contributed by atoms with Crippen LogP contribution < -0.4 is 14.8 Å². The van der Waals surface area contributed by atoms with Gasteiger partial charge >= 0.3 is 5.97 Å². The fourth-order valence-corrected chi connectivity index (χ4v) is 3.18. The van der Waals surface area contributed by atoms with Gasteiger partial charge in [0.15, 0.2) is 11.5 Å². The maximum Gasteiger partial charge on any atom is 0.307 e. The smallest absolute Gasteiger partial charge is 0.307 e. The molecule has 0 aromatic heterocycles. The van der Waals surface area contributed by atoms with Gasteiger partial charge in [-0.1, -0.05) is 11.1 Å². The van der Waals surface area contributed by atoms with Gasteiger partial charge in [-0.3, -0.25) is 9.59 Å². The van der Waals surface area contributed by atoms with E-state index in [1.165, 1.54) is 0 Å². The highest BCUT2D eigenvalue weighted by Crippen LogP contribution is 2.36. The Hall–Kier alpha value is -2.50. The van der Waals surface area contributed by atoms with Gasteiger partial charge in [0.1, 0.15) is 13.2 Å². The quantitative estimate of drug-likeness (QED) is 0.832. The van der Waals surface area contributed by atoms with Crippen LogP contribution in [-0.2, 0) is 9.59 Å². The Morgan fingerprint density at radius 1 is 1.04 bits per heavy atom. The number of hydrogen-bond donors (Lipinski definition) is 2. The predicted molar refractivity (Wildman–Crippen MR) is 88.3 cm³/mol. The second kappa shape index (κ2) is 6.55. The molecule has 0 radical (unpaired) electrons. The Morgan fingerprint density at radius 2 is 1.67 bits per heavy atom. The second-order valence-corrected chi connectivity index (χ2v) is 6.37. The van der Waals surface area contributed by atoms with Crippen LogP contribution in [0.5, 0.6) is 11.5 Å². The molecule has 0 spiro atoms. The largest absolute Gasteiger partial charge is 0.486 e. The Kier molecular flexibility index (Phi) is 4.46. The number of rotatable bonds is 3. The first-order valence-electron chi connectivity index (χ1n) is 8.04. The normalized spacial score (nSPS) is 22.9. The number of aliphatic carboxylic acids is 1. The van der Waals surface area contributed by atoms with E-state index in [2.05, 4.69) is 5.32 Å². The van der Waals surface area contributed by atoms with Gasteiger partial charge < -0.3 is 19.9 Å². The molecular formula is C18H21NO5. The fourth-order valence-electron chi connectivity index (χ4n) is 3.18. The molecule has 0 saturated heterocycles. The Labute approximate surface area is 140 Å². The van der Waals surface area contributed by atoms with E-state index in [9.17, 15) is 14.7 Å². The number of ether oxygens (including phenoxy) is 2. The molecule has 2 N–H and O–H groups in total. The number of allylic oxidation sites excluding steroid dienone is 2. The average molecular weight is 331 g/mol. The third-order valence-electron chi connectivity index (χ3n) is 4.73. The summed E-state index contributed by atoms with van der Waals surface area (Å²) in [6, 6.07) is 5.19. The van der Waals surface area contributed by atoms with E-state index in [0.29, 0.717) is 43.2 Å². The molecule has 1 aliphatic carbocycles. The van der Waals surface area contributed by atoms with Crippen LogP contribution in [-0.4, -0.2) is 30.2 Å². The Balaban J connectivity index is 1.77. The van der Waals surface area contributed by atoms with Gasteiger partial charge in [0, 0.05) is 11.8 Å². The van der Waals surface area contributed by atoms with Crippen LogP contribution in [0.15, 0.2) is 29.3 Å². The van der Waals surface area contributed by atoms with E-state index in [0.717, 1.165) is 11.1 Å². The summed E-state index contributed by atoms with van der Waals surface area (Å²) in [6.45, 7) is 4.86. The lowest BCUT2D eigenvalue weighted by Crippen LogP contribution is -2.36. The molecule has 1 aromatic rings. The zero-order valence-electron chi connectivity index (χ0n) is 13.8. The number of nitrogens with one attached hydrogen (secondary N) is 1. The summed E-state index contributed by atoms with van der Waals surface area (Å²) in [5.41, 5.74) is 2.73. The third-order valence-corrected chi connectivity index (χ3v) is 4.73. The van der Waals surface area contributed by atoms with Crippen LogP contribution in [0, 0.1) is 11.8 Å². The lowest BCUT2D eigenvalue weighted by Gasteiger charge is -2.29. The summed E-state index contributed by atoms with van der Waals surface area (Å²) in [5.74, 6) is -1.22. The number of fused-ring (bicyclic) bond motifs is 1. The summed E-state index contributed by atoms with van der Waals surface area (Å²) in [5, 5.41) is 12.3. The number of anilines is 1. The van der Waals surface area contributed by atoms with Gasteiger partial charge in [0.05, 0.1) is 11.8 Å². The van der Waals surface area contributed by atoms with E-state index < -0.39 is 17.8 Å². The van der Waals surface area contributed by atoms with Crippen LogP contribution in [0.2, 0.25) is 0 Å². The predicted octanol–water partition coefficient (Wildman–Crippen LogP) is 2.84. The minimum atomic E-state index is -0.927. The molecule has 24 heavy (non-hydrogen) atoms. The molecular weight excluding hydrogens is 310 g/mol. The second-order valence-electron chi connectivity index (χ2n) is 6.37. The number of benzene rings is 1. The van der Waals surface area contributed by atoms with Gasteiger partial charge in [0.2, 0.25) is 5.91 Å². The van der Waals surface area contributed by atoms with Gasteiger partial charge in [0.25, 0.3) is 0 Å². The number of carbonyl (C=O) groups excluding carboxylic acids is 1. The zero-order chi connectivity index (χ0) is 17.3. The monoisotopic (exact) mass is 331 g/mol. The topological polar surface area (TPSA) is 84.9 Å². The standard InChI is InChI=1S/C18H21NO5/c1-10-7-13(14(18(21)22)8-11(10)2)17(20)19-12-3-4-15-16(9-12)24-6-5-23-15/h3-4,9,13-14H,5-8H2,1-2H3,(H,19,20)(H,21,22)/t13-,14+/m1/s1. The van der Waals surface area contributed by atoms with Gasteiger partial charge in [-0.2, -0.15) is 0 Å². The van der Waals surface area contributed by atoms with Crippen LogP contribution in [0.25, 0.3) is 0 Å². The minimum absolute atomic E-state index is 0.272. The minimum Gasteiger partial charge on any atom is -0.486 e. The summed E-state index contributed by atoms with van der Waals surface area (Å²) in [6.07, 6.45) is 0.888. The highest BCUT2D eigenvalue weighted by atomic mass is 16.6. The highest BCUT2D eigenvalue weighted by molar-refractivity contribution is 5.95. The first kappa shape index (κ1) is 16.4. The maximum absolute atomic E-state index is 12.6. The summed E-state index contributed by atoms with van der Waals surface area (Å²) < 4.78 is 11.0. The molecule has 1 aromatic carbocycles. The molecule has 3 rings (SSSR count). The van der Waals surface area contributed by atoms with Crippen molar-refractivity contribution in [3.63, 3.8) is 0 Å².